The van der Waals surface area contributed by atoms with Crippen molar-refractivity contribution in [1.82, 2.24) is 5.32 Å². The van der Waals surface area contributed by atoms with Gasteiger partial charge in [0.1, 0.15) is 0 Å². The number of nitrogens with one attached hydrogen (secondary N) is 2. The predicted molar refractivity (Wildman–Crippen MR) is 85.6 cm³/mol. The Hall–Kier alpha value is -1.95. The molecule has 6 nitrogen and oxygen atoms in total. The summed E-state index contributed by atoms with van der Waals surface area (Å²) in [4.78, 5) is 4.44. The van der Waals surface area contributed by atoms with E-state index in [-0.39, 0.29) is 0 Å². The van der Waals surface area contributed by atoms with Gasteiger partial charge in [-0.25, -0.2) is 0 Å². The third-order valence-electron chi connectivity index (χ3n) is 2.70. The van der Waals surface area contributed by atoms with Crippen LogP contribution in [-0.2, 0) is 4.74 Å². The molecule has 0 aliphatic heterocycles. The van der Waals surface area contributed by atoms with Gasteiger partial charge in [-0.2, -0.15) is 0 Å². The molecule has 2 N–H and O–H groups in total. The first kappa shape index (κ1) is 17.1. The summed E-state index contributed by atoms with van der Waals surface area (Å²) in [6, 6.07) is 5.63. The maximum atomic E-state index is 5.29. The Balaban J connectivity index is 2.73. The maximum Gasteiger partial charge on any atom is 0.195 e. The molecule has 0 amide bonds. The molecule has 0 spiro atoms. The van der Waals surface area contributed by atoms with Crippen molar-refractivity contribution in [3.8, 4) is 11.5 Å². The van der Waals surface area contributed by atoms with Gasteiger partial charge in [0.05, 0.1) is 27.4 Å². The molecule has 1 aromatic carbocycles. The molecule has 0 saturated heterocycles. The lowest BCUT2D eigenvalue weighted by atomic mass is 10.3. The van der Waals surface area contributed by atoms with E-state index in [0.29, 0.717) is 37.2 Å². The van der Waals surface area contributed by atoms with E-state index in [9.17, 15) is 0 Å². The summed E-state index contributed by atoms with van der Waals surface area (Å²) >= 11 is 0. The van der Waals surface area contributed by atoms with Gasteiger partial charge in [0.15, 0.2) is 17.5 Å². The Labute approximate surface area is 126 Å². The minimum atomic E-state index is 0.608. The second kappa shape index (κ2) is 9.88. The first-order chi connectivity index (χ1) is 10.2. The van der Waals surface area contributed by atoms with E-state index in [1.807, 2.05) is 32.0 Å². The lowest BCUT2D eigenvalue weighted by molar-refractivity contribution is 0.156. The zero-order chi connectivity index (χ0) is 15.5. The largest absolute Gasteiger partial charge is 0.493 e. The molecule has 0 radical (unpaired) electrons. The van der Waals surface area contributed by atoms with Gasteiger partial charge in [0.2, 0.25) is 0 Å². The highest BCUT2D eigenvalue weighted by Crippen LogP contribution is 2.29. The fraction of sp³-hybridized carbons (Fsp3) is 0.533. The average Bonchev–Trinajstić information content (AvgIpc) is 2.51. The minimum absolute atomic E-state index is 0.608. The van der Waals surface area contributed by atoms with E-state index in [4.69, 9.17) is 14.2 Å². The highest BCUT2D eigenvalue weighted by molar-refractivity contribution is 5.93. The summed E-state index contributed by atoms with van der Waals surface area (Å²) in [7, 11) is 3.23. The molecule has 0 atom stereocenters. The SMILES string of the molecule is CCNC(=NCCOCC)Nc1ccc(OC)c(OC)c1. The lowest BCUT2D eigenvalue weighted by Crippen LogP contribution is -2.31. The van der Waals surface area contributed by atoms with Crippen LogP contribution in [0.5, 0.6) is 11.5 Å². The van der Waals surface area contributed by atoms with E-state index >= 15 is 0 Å². The van der Waals surface area contributed by atoms with Gasteiger partial charge in [0, 0.05) is 24.9 Å². The van der Waals surface area contributed by atoms with Crippen molar-refractivity contribution in [1.29, 1.82) is 0 Å². The van der Waals surface area contributed by atoms with Crippen molar-refractivity contribution in [2.24, 2.45) is 4.99 Å². The molecule has 0 heterocycles. The first-order valence-corrected chi connectivity index (χ1v) is 7.10. The van der Waals surface area contributed by atoms with Crippen LogP contribution >= 0.6 is 0 Å². The summed E-state index contributed by atoms with van der Waals surface area (Å²) < 4.78 is 15.8. The average molecular weight is 295 g/mol. The molecule has 0 aromatic heterocycles. The Morgan fingerprint density at radius 1 is 1.14 bits per heavy atom. The second-order valence-electron chi connectivity index (χ2n) is 4.15. The molecule has 1 rings (SSSR count). The molecule has 21 heavy (non-hydrogen) atoms. The van der Waals surface area contributed by atoms with Crippen LogP contribution in [0.15, 0.2) is 23.2 Å². The van der Waals surface area contributed by atoms with E-state index in [1.165, 1.54) is 0 Å². The number of guanidine groups is 1. The van der Waals surface area contributed by atoms with Crippen molar-refractivity contribution in [3.05, 3.63) is 18.2 Å². The van der Waals surface area contributed by atoms with Crippen molar-refractivity contribution in [2.45, 2.75) is 13.8 Å². The number of hydrogen-bond acceptors (Lipinski definition) is 4. The predicted octanol–water partition coefficient (Wildman–Crippen LogP) is 2.12. The molecular weight excluding hydrogens is 270 g/mol. The number of benzene rings is 1. The molecule has 0 bridgehead atoms. The highest BCUT2D eigenvalue weighted by Gasteiger charge is 2.06. The summed E-state index contributed by atoms with van der Waals surface area (Å²) in [6.07, 6.45) is 0. The molecule has 0 aliphatic carbocycles. The molecule has 0 unspecified atom stereocenters. The Morgan fingerprint density at radius 2 is 1.90 bits per heavy atom. The fourth-order valence-corrected chi connectivity index (χ4v) is 1.72. The molecule has 1 aromatic rings. The number of nitrogens with zero attached hydrogens (tertiary/aromatic N) is 1. The van der Waals surface area contributed by atoms with Gasteiger partial charge in [-0.3, -0.25) is 4.99 Å². The molecule has 0 fully saturated rings. The summed E-state index contributed by atoms with van der Waals surface area (Å²) in [5, 5.41) is 6.42. The van der Waals surface area contributed by atoms with Crippen molar-refractivity contribution >= 4 is 11.6 Å². The van der Waals surface area contributed by atoms with Gasteiger partial charge >= 0.3 is 0 Å². The maximum absolute atomic E-state index is 5.29. The normalized spacial score (nSPS) is 11.1. The van der Waals surface area contributed by atoms with Gasteiger partial charge < -0.3 is 24.8 Å². The smallest absolute Gasteiger partial charge is 0.195 e. The number of hydrogen-bond donors (Lipinski definition) is 2. The number of anilines is 1. The lowest BCUT2D eigenvalue weighted by Gasteiger charge is -2.13. The van der Waals surface area contributed by atoms with Crippen LogP contribution in [0.2, 0.25) is 0 Å². The van der Waals surface area contributed by atoms with E-state index in [0.717, 1.165) is 12.2 Å². The van der Waals surface area contributed by atoms with Crippen molar-refractivity contribution in [2.75, 3.05) is 45.8 Å². The second-order valence-corrected chi connectivity index (χ2v) is 4.15. The van der Waals surface area contributed by atoms with Gasteiger partial charge in [0.25, 0.3) is 0 Å². The number of ether oxygens (including phenoxy) is 3. The quantitative estimate of drug-likeness (QED) is 0.437. The third-order valence-corrected chi connectivity index (χ3v) is 2.70. The van der Waals surface area contributed by atoms with E-state index in [1.54, 1.807) is 14.2 Å². The zero-order valence-electron chi connectivity index (χ0n) is 13.2. The van der Waals surface area contributed by atoms with Crippen LogP contribution < -0.4 is 20.1 Å². The van der Waals surface area contributed by atoms with Gasteiger partial charge in [-0.15, -0.1) is 0 Å². The monoisotopic (exact) mass is 295 g/mol. The Kier molecular flexibility index (Phi) is 8.04. The topological polar surface area (TPSA) is 64.1 Å². The van der Waals surface area contributed by atoms with Crippen LogP contribution in [-0.4, -0.2) is 46.5 Å². The van der Waals surface area contributed by atoms with Crippen molar-refractivity contribution < 1.29 is 14.2 Å². The van der Waals surface area contributed by atoms with Gasteiger partial charge in [-0.05, 0) is 26.0 Å². The molecule has 118 valence electrons. The summed E-state index contributed by atoms with van der Waals surface area (Å²) in [5.41, 5.74) is 0.878. The number of rotatable bonds is 8. The molecule has 6 heteroatoms. The van der Waals surface area contributed by atoms with Crippen LogP contribution in [0.4, 0.5) is 5.69 Å². The first-order valence-electron chi connectivity index (χ1n) is 7.10. The third kappa shape index (κ3) is 5.91. The highest BCUT2D eigenvalue weighted by atomic mass is 16.5. The Bertz CT molecular complexity index is 450. The molecule has 0 saturated carbocycles. The molecular formula is C15H25N3O3. The summed E-state index contributed by atoms with van der Waals surface area (Å²) in [5.74, 6) is 2.08. The van der Waals surface area contributed by atoms with Crippen LogP contribution in [0.1, 0.15) is 13.8 Å². The van der Waals surface area contributed by atoms with Crippen molar-refractivity contribution in [3.63, 3.8) is 0 Å². The Morgan fingerprint density at radius 3 is 2.52 bits per heavy atom. The summed E-state index contributed by atoms with van der Waals surface area (Å²) in [6.45, 7) is 6.70. The van der Waals surface area contributed by atoms with E-state index < -0.39 is 0 Å². The van der Waals surface area contributed by atoms with Gasteiger partial charge in [-0.1, -0.05) is 0 Å². The van der Waals surface area contributed by atoms with Crippen LogP contribution in [0.25, 0.3) is 0 Å². The zero-order valence-corrected chi connectivity index (χ0v) is 13.2. The van der Waals surface area contributed by atoms with Crippen LogP contribution in [0.3, 0.4) is 0 Å². The number of aliphatic imine (C=N–C) groups is 1. The van der Waals surface area contributed by atoms with E-state index in [2.05, 4.69) is 15.6 Å². The molecule has 0 aliphatic rings. The fourth-order valence-electron chi connectivity index (χ4n) is 1.72. The standard InChI is InChI=1S/C15H25N3O3/c1-5-16-15(17-9-10-21-6-2)18-12-7-8-13(19-3)14(11-12)20-4/h7-8,11H,5-6,9-10H2,1-4H3,(H2,16,17,18). The number of methoxy groups -OCH3 is 2. The minimum Gasteiger partial charge on any atom is -0.493 e. The van der Waals surface area contributed by atoms with Crippen LogP contribution in [0, 0.1) is 0 Å².